The van der Waals surface area contributed by atoms with Gasteiger partial charge in [-0.25, -0.2) is 9.59 Å². The monoisotopic (exact) mass is 472 g/mol. The molecule has 0 bridgehead atoms. The smallest absolute Gasteiger partial charge is 0.338 e. The van der Waals surface area contributed by atoms with Crippen LogP contribution >= 0.6 is 0 Å². The third kappa shape index (κ3) is 4.47. The first-order valence-corrected chi connectivity index (χ1v) is 11.6. The molecule has 1 aromatic heterocycles. The van der Waals surface area contributed by atoms with Gasteiger partial charge in [0.05, 0.1) is 10.5 Å². The lowest BCUT2D eigenvalue weighted by molar-refractivity contribution is -0.384. The van der Waals surface area contributed by atoms with Gasteiger partial charge in [0.2, 0.25) is 0 Å². The third-order valence-corrected chi connectivity index (χ3v) is 6.61. The second-order valence-electron chi connectivity index (χ2n) is 8.96. The minimum Gasteiger partial charge on any atom is -0.457 e. The topological polar surface area (TPSA) is 103 Å². The van der Waals surface area contributed by atoms with Gasteiger partial charge >= 0.3 is 11.6 Å². The Hall–Kier alpha value is -4.20. The fourth-order valence-electron chi connectivity index (χ4n) is 4.67. The lowest BCUT2D eigenvalue weighted by Crippen LogP contribution is -2.33. The van der Waals surface area contributed by atoms with E-state index in [0.717, 1.165) is 36.7 Å². The molecule has 0 unspecified atom stereocenters. The Balaban J connectivity index is 1.43. The largest absolute Gasteiger partial charge is 0.457 e. The summed E-state index contributed by atoms with van der Waals surface area (Å²) in [6, 6.07) is 17.0. The van der Waals surface area contributed by atoms with Crippen LogP contribution in [0.5, 0.6) is 0 Å². The zero-order chi connectivity index (χ0) is 24.5. The first kappa shape index (κ1) is 22.6. The van der Waals surface area contributed by atoms with E-state index in [4.69, 9.17) is 9.15 Å². The number of esters is 1. The van der Waals surface area contributed by atoms with Gasteiger partial charge in [-0.05, 0) is 47.7 Å². The van der Waals surface area contributed by atoms with E-state index < -0.39 is 16.5 Å². The van der Waals surface area contributed by atoms with Crippen LogP contribution in [0.15, 0.2) is 69.9 Å². The van der Waals surface area contributed by atoms with Gasteiger partial charge in [-0.3, -0.25) is 10.1 Å². The summed E-state index contributed by atoms with van der Waals surface area (Å²) in [7, 11) is 0. The maximum Gasteiger partial charge on any atom is 0.338 e. The minimum atomic E-state index is -0.700. The molecule has 0 saturated carbocycles. The Morgan fingerprint density at radius 3 is 2.66 bits per heavy atom. The number of nitrogens with zero attached hydrogens (tertiary/aromatic N) is 2. The Bertz CT molecular complexity index is 1500. The molecule has 8 heteroatoms. The second kappa shape index (κ2) is 9.21. The summed E-state index contributed by atoms with van der Waals surface area (Å²) < 4.78 is 10.9. The maximum atomic E-state index is 12.8. The number of nitro benzene ring substituents is 1. The van der Waals surface area contributed by atoms with Crippen LogP contribution in [0.1, 0.15) is 35.7 Å². The van der Waals surface area contributed by atoms with Crippen molar-refractivity contribution in [2.45, 2.75) is 26.4 Å². The molecule has 0 amide bonds. The molecule has 5 rings (SSSR count). The third-order valence-electron chi connectivity index (χ3n) is 6.61. The highest BCUT2D eigenvalue weighted by Crippen LogP contribution is 2.33. The normalized spacial score (nSPS) is 14.4. The molecule has 1 fully saturated rings. The SMILES string of the molecule is CC1CCN(c2ccc(C(=O)OCc3cc(=O)oc4ccc5ccccc5c34)cc2[N+](=O)[O-])CC1. The molecule has 178 valence electrons. The van der Waals surface area contributed by atoms with Gasteiger partial charge in [-0.1, -0.05) is 37.3 Å². The second-order valence-corrected chi connectivity index (χ2v) is 8.96. The predicted octanol–water partition coefficient (Wildman–Crippen LogP) is 5.45. The molecule has 0 radical (unpaired) electrons. The Kier molecular flexibility index (Phi) is 5.94. The van der Waals surface area contributed by atoms with Crippen molar-refractivity contribution in [3.05, 3.63) is 92.3 Å². The van der Waals surface area contributed by atoms with Gasteiger partial charge in [0.1, 0.15) is 17.9 Å². The van der Waals surface area contributed by atoms with Gasteiger partial charge in [-0.2, -0.15) is 0 Å². The molecule has 1 aliphatic rings. The zero-order valence-electron chi connectivity index (χ0n) is 19.2. The number of rotatable bonds is 5. The number of piperidine rings is 1. The highest BCUT2D eigenvalue weighted by molar-refractivity contribution is 6.07. The Morgan fingerprint density at radius 2 is 1.89 bits per heavy atom. The van der Waals surface area contributed by atoms with Gasteiger partial charge in [-0.15, -0.1) is 0 Å². The number of carbonyl (C=O) groups excluding carboxylic acids is 1. The van der Waals surface area contributed by atoms with Crippen molar-refractivity contribution < 1.29 is 18.9 Å². The first-order chi connectivity index (χ1) is 16.9. The highest BCUT2D eigenvalue weighted by atomic mass is 16.6. The van der Waals surface area contributed by atoms with Crippen molar-refractivity contribution in [3.63, 3.8) is 0 Å². The highest BCUT2D eigenvalue weighted by Gasteiger charge is 2.25. The van der Waals surface area contributed by atoms with Crippen LogP contribution in [-0.4, -0.2) is 24.0 Å². The zero-order valence-corrected chi connectivity index (χ0v) is 19.2. The predicted molar refractivity (Wildman–Crippen MR) is 133 cm³/mol. The number of benzene rings is 3. The number of hydrogen-bond acceptors (Lipinski definition) is 7. The summed E-state index contributed by atoms with van der Waals surface area (Å²) in [5, 5.41) is 14.3. The van der Waals surface area contributed by atoms with Crippen LogP contribution < -0.4 is 10.5 Å². The molecule has 4 aromatic rings. The Morgan fingerprint density at radius 1 is 1.11 bits per heavy atom. The lowest BCUT2D eigenvalue weighted by atomic mass is 9.98. The van der Waals surface area contributed by atoms with Crippen molar-refractivity contribution >= 4 is 39.1 Å². The van der Waals surface area contributed by atoms with Crippen molar-refractivity contribution in [3.8, 4) is 0 Å². The van der Waals surface area contributed by atoms with Crippen LogP contribution in [0.25, 0.3) is 21.7 Å². The van der Waals surface area contributed by atoms with E-state index in [9.17, 15) is 19.7 Å². The van der Waals surface area contributed by atoms with E-state index in [-0.39, 0.29) is 17.9 Å². The number of nitro groups is 1. The summed E-state index contributed by atoms with van der Waals surface area (Å²) in [6.45, 7) is 3.48. The van der Waals surface area contributed by atoms with Gasteiger partial charge in [0.25, 0.3) is 5.69 Å². The molecule has 35 heavy (non-hydrogen) atoms. The van der Waals surface area contributed by atoms with Crippen LogP contribution in [0.4, 0.5) is 11.4 Å². The summed E-state index contributed by atoms with van der Waals surface area (Å²) >= 11 is 0. The van der Waals surface area contributed by atoms with E-state index in [0.29, 0.717) is 28.1 Å². The fraction of sp³-hybridized carbons (Fsp3) is 0.259. The summed E-state index contributed by atoms with van der Waals surface area (Å²) in [4.78, 5) is 38.2. The summed E-state index contributed by atoms with van der Waals surface area (Å²) in [6.07, 6.45) is 1.93. The van der Waals surface area contributed by atoms with E-state index >= 15 is 0 Å². The average Bonchev–Trinajstić information content (AvgIpc) is 2.86. The van der Waals surface area contributed by atoms with Crippen LogP contribution in [0.2, 0.25) is 0 Å². The first-order valence-electron chi connectivity index (χ1n) is 11.6. The van der Waals surface area contributed by atoms with E-state index in [1.807, 2.05) is 35.2 Å². The van der Waals surface area contributed by atoms with Crippen LogP contribution in [0.3, 0.4) is 0 Å². The molecule has 1 saturated heterocycles. The number of fused-ring (bicyclic) bond motifs is 3. The van der Waals surface area contributed by atoms with Crippen molar-refractivity contribution in [1.29, 1.82) is 0 Å². The molecular formula is C27H24N2O6. The molecule has 3 aromatic carbocycles. The molecule has 0 aliphatic carbocycles. The molecule has 0 N–H and O–H groups in total. The number of anilines is 1. The lowest BCUT2D eigenvalue weighted by Gasteiger charge is -2.31. The fourth-order valence-corrected chi connectivity index (χ4v) is 4.67. The minimum absolute atomic E-state index is 0.0861. The maximum absolute atomic E-state index is 12.8. The van der Waals surface area contributed by atoms with Crippen molar-refractivity contribution in [2.24, 2.45) is 5.92 Å². The molecule has 0 spiro atoms. The number of carbonyl (C=O) groups is 1. The molecule has 0 atom stereocenters. The standard InChI is InChI=1S/C27H24N2O6/c1-17-10-12-28(13-11-17)22-8-6-19(14-23(22)29(32)33)27(31)34-16-20-15-25(30)35-24-9-7-18-4-2-3-5-21(18)26(20)24/h2-9,14-15,17H,10-13,16H2,1H3. The summed E-state index contributed by atoms with van der Waals surface area (Å²) in [5.74, 6) is -0.110. The van der Waals surface area contributed by atoms with Gasteiger partial charge in [0.15, 0.2) is 0 Å². The summed E-state index contributed by atoms with van der Waals surface area (Å²) in [5.41, 5.74) is 0.841. The quantitative estimate of drug-likeness (QED) is 0.125. The molecule has 2 heterocycles. The van der Waals surface area contributed by atoms with Gasteiger partial charge in [0, 0.05) is 36.2 Å². The van der Waals surface area contributed by atoms with Gasteiger partial charge < -0.3 is 14.1 Å². The van der Waals surface area contributed by atoms with Crippen LogP contribution in [-0.2, 0) is 11.3 Å². The Labute approximate surface area is 200 Å². The number of hydrogen-bond donors (Lipinski definition) is 0. The van der Waals surface area contributed by atoms with Crippen molar-refractivity contribution in [2.75, 3.05) is 18.0 Å². The van der Waals surface area contributed by atoms with Crippen LogP contribution in [0, 0.1) is 16.0 Å². The molecular weight excluding hydrogens is 448 g/mol. The van der Waals surface area contributed by atoms with E-state index in [1.165, 1.54) is 12.1 Å². The van der Waals surface area contributed by atoms with Crippen molar-refractivity contribution in [1.82, 2.24) is 0 Å². The number of ether oxygens (including phenoxy) is 1. The average molecular weight is 472 g/mol. The van der Waals surface area contributed by atoms with E-state index in [1.54, 1.807) is 18.2 Å². The molecule has 1 aliphatic heterocycles. The molecule has 8 nitrogen and oxygen atoms in total. The van der Waals surface area contributed by atoms with E-state index in [2.05, 4.69) is 6.92 Å².